The Kier molecular flexibility index (Phi) is 4.54. The van der Waals surface area contributed by atoms with Gasteiger partial charge in [0, 0.05) is 13.1 Å². The average molecular weight is 115 g/mol. The van der Waals surface area contributed by atoms with Crippen molar-refractivity contribution in [3.63, 3.8) is 0 Å². The van der Waals surface area contributed by atoms with E-state index in [1.807, 2.05) is 6.92 Å². The molecule has 3 N–H and O–H groups in total. The molecule has 0 bridgehead atoms. The third-order valence-electron chi connectivity index (χ3n) is 0.687. The molecular weight excluding hydrogens is 102 g/mol. The SMILES string of the molecule is C=CCN(N)NCC. The molecule has 0 saturated carbocycles. The van der Waals surface area contributed by atoms with Crippen LogP contribution in [0.1, 0.15) is 6.92 Å². The lowest BCUT2D eigenvalue weighted by Gasteiger charge is -2.12. The van der Waals surface area contributed by atoms with Crippen LogP contribution in [-0.2, 0) is 0 Å². The highest BCUT2D eigenvalue weighted by Gasteiger charge is 1.86. The second-order valence-corrected chi connectivity index (χ2v) is 1.45. The smallest absolute Gasteiger partial charge is 0.0463 e. The summed E-state index contributed by atoms with van der Waals surface area (Å²) in [7, 11) is 0. The summed E-state index contributed by atoms with van der Waals surface area (Å²) in [4.78, 5) is 0. The lowest BCUT2D eigenvalue weighted by atomic mass is 10.6. The first-order valence-corrected chi connectivity index (χ1v) is 2.68. The number of rotatable bonds is 4. The highest BCUT2D eigenvalue weighted by Crippen LogP contribution is 1.67. The molecule has 8 heavy (non-hydrogen) atoms. The van der Waals surface area contributed by atoms with Crippen LogP contribution >= 0.6 is 0 Å². The Labute approximate surface area is 50.1 Å². The minimum absolute atomic E-state index is 0.674. The van der Waals surface area contributed by atoms with Gasteiger partial charge in [0.05, 0.1) is 0 Å². The van der Waals surface area contributed by atoms with E-state index in [0.29, 0.717) is 6.54 Å². The summed E-state index contributed by atoms with van der Waals surface area (Å²) >= 11 is 0. The Hall–Kier alpha value is -0.380. The number of hydrogen-bond donors (Lipinski definition) is 2. The molecule has 0 amide bonds. The Morgan fingerprint density at radius 1 is 1.88 bits per heavy atom. The van der Waals surface area contributed by atoms with Crippen LogP contribution in [0.15, 0.2) is 12.7 Å². The standard InChI is InChI=1S/C5H13N3/c1-3-5-8(6)7-4-2/h3,7H,1,4-6H2,2H3. The quantitative estimate of drug-likeness (QED) is 0.305. The van der Waals surface area contributed by atoms with Gasteiger partial charge in [-0.3, -0.25) is 5.84 Å². The molecule has 0 spiro atoms. The molecule has 0 unspecified atom stereocenters. The molecule has 0 aliphatic rings. The summed E-state index contributed by atoms with van der Waals surface area (Å²) in [5.41, 5.74) is 2.89. The van der Waals surface area contributed by atoms with Gasteiger partial charge in [0.15, 0.2) is 0 Å². The Morgan fingerprint density at radius 2 is 2.50 bits per heavy atom. The highest BCUT2D eigenvalue weighted by atomic mass is 15.7. The van der Waals surface area contributed by atoms with E-state index in [1.54, 1.807) is 6.08 Å². The van der Waals surface area contributed by atoms with Crippen molar-refractivity contribution in [1.29, 1.82) is 0 Å². The first-order chi connectivity index (χ1) is 3.81. The van der Waals surface area contributed by atoms with Crippen molar-refractivity contribution in [1.82, 2.24) is 10.5 Å². The zero-order valence-electron chi connectivity index (χ0n) is 5.22. The number of nitrogens with one attached hydrogen (secondary N) is 1. The Bertz CT molecular complexity index is 62.7. The molecule has 0 aromatic rings. The summed E-state index contributed by atoms with van der Waals surface area (Å²) in [6, 6.07) is 0. The van der Waals surface area contributed by atoms with Gasteiger partial charge >= 0.3 is 0 Å². The van der Waals surface area contributed by atoms with Crippen molar-refractivity contribution >= 4 is 0 Å². The molecule has 0 aliphatic carbocycles. The molecule has 48 valence electrons. The zero-order valence-corrected chi connectivity index (χ0v) is 5.22. The van der Waals surface area contributed by atoms with Crippen LogP contribution in [0.25, 0.3) is 0 Å². The van der Waals surface area contributed by atoms with Crippen molar-refractivity contribution in [2.45, 2.75) is 6.92 Å². The van der Waals surface area contributed by atoms with Crippen LogP contribution in [-0.4, -0.2) is 18.2 Å². The van der Waals surface area contributed by atoms with Crippen molar-refractivity contribution < 1.29 is 0 Å². The summed E-state index contributed by atoms with van der Waals surface area (Å²) in [5, 5.41) is 1.49. The van der Waals surface area contributed by atoms with E-state index in [-0.39, 0.29) is 0 Å². The fourth-order valence-corrected chi connectivity index (χ4v) is 0.407. The zero-order chi connectivity index (χ0) is 6.41. The fourth-order valence-electron chi connectivity index (χ4n) is 0.407. The predicted octanol–water partition coefficient (Wildman–Crippen LogP) is -0.127. The first-order valence-electron chi connectivity index (χ1n) is 2.68. The van der Waals surface area contributed by atoms with E-state index in [4.69, 9.17) is 5.84 Å². The minimum atomic E-state index is 0.674. The van der Waals surface area contributed by atoms with E-state index in [1.165, 1.54) is 5.12 Å². The van der Waals surface area contributed by atoms with Crippen LogP contribution < -0.4 is 11.3 Å². The van der Waals surface area contributed by atoms with Gasteiger partial charge in [0.1, 0.15) is 0 Å². The summed E-state index contributed by atoms with van der Waals surface area (Å²) < 4.78 is 0. The largest absolute Gasteiger partial charge is 0.255 e. The number of nitrogens with two attached hydrogens (primary N) is 1. The fraction of sp³-hybridized carbons (Fsp3) is 0.600. The monoisotopic (exact) mass is 115 g/mol. The van der Waals surface area contributed by atoms with Crippen molar-refractivity contribution in [2.75, 3.05) is 13.1 Å². The van der Waals surface area contributed by atoms with Gasteiger partial charge in [-0.25, -0.2) is 5.43 Å². The maximum Gasteiger partial charge on any atom is 0.0463 e. The molecular formula is C5H13N3. The maximum absolute atomic E-state index is 5.35. The predicted molar refractivity (Wildman–Crippen MR) is 34.8 cm³/mol. The van der Waals surface area contributed by atoms with Gasteiger partial charge in [-0.2, -0.15) is 5.12 Å². The Balaban J connectivity index is 3.03. The second kappa shape index (κ2) is 4.77. The summed E-state index contributed by atoms with van der Waals surface area (Å²) in [6.45, 7) is 7.04. The Morgan fingerprint density at radius 3 is 2.88 bits per heavy atom. The molecule has 0 rings (SSSR count). The van der Waals surface area contributed by atoms with Gasteiger partial charge in [0.2, 0.25) is 0 Å². The number of hydrazine groups is 2. The van der Waals surface area contributed by atoms with Crippen LogP contribution in [0.3, 0.4) is 0 Å². The van der Waals surface area contributed by atoms with Gasteiger partial charge in [-0.1, -0.05) is 13.0 Å². The van der Waals surface area contributed by atoms with E-state index in [9.17, 15) is 0 Å². The van der Waals surface area contributed by atoms with Gasteiger partial charge < -0.3 is 0 Å². The first kappa shape index (κ1) is 7.62. The molecule has 3 heteroatoms. The molecule has 0 saturated heterocycles. The van der Waals surface area contributed by atoms with E-state index >= 15 is 0 Å². The van der Waals surface area contributed by atoms with E-state index in [0.717, 1.165) is 6.54 Å². The highest BCUT2D eigenvalue weighted by molar-refractivity contribution is 4.67. The lowest BCUT2D eigenvalue weighted by molar-refractivity contribution is 0.221. The topological polar surface area (TPSA) is 41.3 Å². The molecule has 0 atom stereocenters. The third kappa shape index (κ3) is 3.80. The van der Waals surface area contributed by atoms with E-state index in [2.05, 4.69) is 12.0 Å². The van der Waals surface area contributed by atoms with Crippen molar-refractivity contribution in [2.24, 2.45) is 5.84 Å². The van der Waals surface area contributed by atoms with Crippen LogP contribution in [0.4, 0.5) is 0 Å². The molecule has 0 fully saturated rings. The van der Waals surface area contributed by atoms with Gasteiger partial charge in [-0.15, -0.1) is 6.58 Å². The molecule has 0 aromatic carbocycles. The molecule has 0 aromatic heterocycles. The number of nitrogens with zero attached hydrogens (tertiary/aromatic N) is 1. The van der Waals surface area contributed by atoms with E-state index < -0.39 is 0 Å². The third-order valence-corrected chi connectivity index (χ3v) is 0.687. The summed E-state index contributed by atoms with van der Waals surface area (Å²) in [5.74, 6) is 5.35. The molecule has 0 aliphatic heterocycles. The van der Waals surface area contributed by atoms with Crippen LogP contribution in [0, 0.1) is 0 Å². The van der Waals surface area contributed by atoms with Crippen molar-refractivity contribution in [3.8, 4) is 0 Å². The lowest BCUT2D eigenvalue weighted by Crippen LogP contribution is -2.43. The molecule has 0 radical (unpaired) electrons. The summed E-state index contributed by atoms with van der Waals surface area (Å²) in [6.07, 6.45) is 1.74. The van der Waals surface area contributed by atoms with Crippen LogP contribution in [0.2, 0.25) is 0 Å². The number of hydrogen-bond acceptors (Lipinski definition) is 3. The van der Waals surface area contributed by atoms with Crippen LogP contribution in [0.5, 0.6) is 0 Å². The average Bonchev–Trinajstić information content (AvgIpc) is 1.68. The van der Waals surface area contributed by atoms with Crippen molar-refractivity contribution in [3.05, 3.63) is 12.7 Å². The minimum Gasteiger partial charge on any atom is -0.255 e. The maximum atomic E-state index is 5.35. The molecule has 3 nitrogen and oxygen atoms in total. The normalized spacial score (nSPS) is 9.88. The van der Waals surface area contributed by atoms with Gasteiger partial charge in [-0.05, 0) is 0 Å². The second-order valence-electron chi connectivity index (χ2n) is 1.45. The van der Waals surface area contributed by atoms with Gasteiger partial charge in [0.25, 0.3) is 0 Å². The molecule has 0 heterocycles.